The van der Waals surface area contributed by atoms with Gasteiger partial charge in [-0.05, 0) is 45.4 Å². The molecule has 0 fully saturated rings. The van der Waals surface area contributed by atoms with Gasteiger partial charge in [-0.2, -0.15) is 0 Å². The number of imidazole rings is 1. The van der Waals surface area contributed by atoms with Gasteiger partial charge in [0.15, 0.2) is 11.5 Å². The lowest BCUT2D eigenvalue weighted by atomic mass is 10.2. The van der Waals surface area contributed by atoms with E-state index in [0.29, 0.717) is 59.4 Å². The number of aromatic carboxylic acids is 1. The third-order valence-electron chi connectivity index (χ3n) is 5.14. The molecule has 3 rings (SSSR count). The zero-order chi connectivity index (χ0) is 26.5. The van der Waals surface area contributed by atoms with Crippen molar-refractivity contribution in [2.75, 3.05) is 33.2 Å². The van der Waals surface area contributed by atoms with Crippen molar-refractivity contribution in [3.63, 3.8) is 0 Å². The number of anilines is 2. The van der Waals surface area contributed by atoms with Crippen LogP contribution < -0.4 is 24.8 Å². The van der Waals surface area contributed by atoms with E-state index < -0.39 is 17.7 Å². The van der Waals surface area contributed by atoms with Crippen LogP contribution in [0.1, 0.15) is 37.6 Å². The van der Waals surface area contributed by atoms with Gasteiger partial charge in [0.25, 0.3) is 0 Å². The van der Waals surface area contributed by atoms with E-state index in [1.807, 2.05) is 4.57 Å². The average Bonchev–Trinajstić information content (AvgIpc) is 3.15. The van der Waals surface area contributed by atoms with Crippen molar-refractivity contribution >= 4 is 34.7 Å². The second-order valence-electron chi connectivity index (χ2n) is 8.92. The van der Waals surface area contributed by atoms with Crippen molar-refractivity contribution in [3.05, 3.63) is 35.9 Å². The summed E-state index contributed by atoms with van der Waals surface area (Å²) in [5.74, 6) is 0.848. The molecule has 0 aliphatic rings. The quantitative estimate of drug-likeness (QED) is 0.346. The molecule has 0 saturated carbocycles. The maximum absolute atomic E-state index is 12.0. The zero-order valence-electron chi connectivity index (χ0n) is 21.3. The molecular formula is C25H32N4O7. The first kappa shape index (κ1) is 26.5. The predicted octanol–water partition coefficient (Wildman–Crippen LogP) is 4.42. The molecule has 0 aliphatic heterocycles. The van der Waals surface area contributed by atoms with E-state index in [0.717, 1.165) is 0 Å². The number of carbonyl (C=O) groups excluding carboxylic acids is 1. The summed E-state index contributed by atoms with van der Waals surface area (Å²) < 4.78 is 23.4. The Balaban J connectivity index is 1.91. The van der Waals surface area contributed by atoms with E-state index in [4.69, 9.17) is 18.9 Å². The Bertz CT molecular complexity index is 1220. The monoisotopic (exact) mass is 500 g/mol. The van der Waals surface area contributed by atoms with Crippen molar-refractivity contribution < 1.29 is 33.6 Å². The van der Waals surface area contributed by atoms with Crippen molar-refractivity contribution in [1.29, 1.82) is 0 Å². The van der Waals surface area contributed by atoms with Gasteiger partial charge >= 0.3 is 12.1 Å². The molecule has 36 heavy (non-hydrogen) atoms. The number of aryl methyl sites for hydroxylation is 1. The lowest BCUT2D eigenvalue weighted by Crippen LogP contribution is -2.33. The smallest absolute Gasteiger partial charge is 0.407 e. The highest BCUT2D eigenvalue weighted by Crippen LogP contribution is 2.40. The molecule has 0 bridgehead atoms. The van der Waals surface area contributed by atoms with Gasteiger partial charge in [-0.1, -0.05) is 0 Å². The number of hydrogen-bond acceptors (Lipinski definition) is 8. The summed E-state index contributed by atoms with van der Waals surface area (Å²) in [6.07, 6.45) is 0.0493. The number of fused-ring (bicyclic) bond motifs is 1. The third-order valence-corrected chi connectivity index (χ3v) is 5.14. The summed E-state index contributed by atoms with van der Waals surface area (Å²) in [6, 6.07) is 8.24. The average molecular weight is 501 g/mol. The Morgan fingerprint density at radius 1 is 1.03 bits per heavy atom. The molecule has 1 heterocycles. The molecule has 3 N–H and O–H groups in total. The number of aromatic nitrogens is 2. The molecule has 0 aliphatic carbocycles. The number of methoxy groups -OCH3 is 3. The molecule has 11 nitrogen and oxygen atoms in total. The molecule has 0 atom stereocenters. The van der Waals surface area contributed by atoms with E-state index in [9.17, 15) is 14.7 Å². The number of alkyl carbamates (subject to hydrolysis) is 1. The first-order chi connectivity index (χ1) is 17.1. The van der Waals surface area contributed by atoms with Crippen molar-refractivity contribution in [2.24, 2.45) is 0 Å². The van der Waals surface area contributed by atoms with Crippen LogP contribution in [0.15, 0.2) is 30.3 Å². The fourth-order valence-electron chi connectivity index (χ4n) is 3.60. The highest BCUT2D eigenvalue weighted by Gasteiger charge is 2.18. The molecule has 0 radical (unpaired) electrons. The largest absolute Gasteiger partial charge is 0.493 e. The molecule has 0 saturated heterocycles. The molecule has 1 aromatic heterocycles. The third kappa shape index (κ3) is 6.29. The maximum Gasteiger partial charge on any atom is 0.407 e. The van der Waals surface area contributed by atoms with Gasteiger partial charge in [-0.15, -0.1) is 0 Å². The van der Waals surface area contributed by atoms with E-state index in [2.05, 4.69) is 15.6 Å². The van der Waals surface area contributed by atoms with Crippen molar-refractivity contribution in [2.45, 2.75) is 39.3 Å². The fraction of sp³-hybridized carbons (Fsp3) is 0.400. The normalized spacial score (nSPS) is 11.2. The van der Waals surface area contributed by atoms with E-state index >= 15 is 0 Å². The fourth-order valence-corrected chi connectivity index (χ4v) is 3.60. The summed E-state index contributed by atoms with van der Waals surface area (Å²) >= 11 is 0. The number of rotatable bonds is 10. The molecule has 194 valence electrons. The predicted molar refractivity (Wildman–Crippen MR) is 135 cm³/mol. The van der Waals surface area contributed by atoms with Gasteiger partial charge in [0, 0.05) is 30.9 Å². The SMILES string of the molecule is COc1cc(Nc2nc3ccc(C(=O)O)cc3n2CCCNC(=O)OC(C)(C)C)cc(OC)c1OC. The highest BCUT2D eigenvalue weighted by molar-refractivity contribution is 5.93. The van der Waals surface area contributed by atoms with Crippen LogP contribution in [-0.2, 0) is 11.3 Å². The van der Waals surface area contributed by atoms with Gasteiger partial charge in [0.05, 0.1) is 37.9 Å². The lowest BCUT2D eigenvalue weighted by molar-refractivity contribution is 0.0526. The van der Waals surface area contributed by atoms with Crippen LogP contribution in [0.2, 0.25) is 0 Å². The highest BCUT2D eigenvalue weighted by atomic mass is 16.6. The Kier molecular flexibility index (Phi) is 8.13. The second kappa shape index (κ2) is 11.1. The van der Waals surface area contributed by atoms with Crippen LogP contribution in [-0.4, -0.2) is 60.2 Å². The minimum atomic E-state index is -1.03. The first-order valence-electron chi connectivity index (χ1n) is 11.3. The molecule has 0 unspecified atom stereocenters. The summed E-state index contributed by atoms with van der Waals surface area (Å²) in [5, 5.41) is 15.5. The van der Waals surface area contributed by atoms with Gasteiger partial charge in [0.1, 0.15) is 5.60 Å². The maximum atomic E-state index is 12.0. The van der Waals surface area contributed by atoms with Gasteiger partial charge in [0.2, 0.25) is 11.7 Å². The van der Waals surface area contributed by atoms with Crippen LogP contribution in [0, 0.1) is 0 Å². The number of carboxylic acid groups (broad SMARTS) is 1. The summed E-state index contributed by atoms with van der Waals surface area (Å²) in [5.41, 5.74) is 1.45. The molecule has 11 heteroatoms. The number of hydrogen-bond donors (Lipinski definition) is 3. The second-order valence-corrected chi connectivity index (χ2v) is 8.92. The molecule has 0 spiro atoms. The molecular weight excluding hydrogens is 468 g/mol. The number of benzene rings is 2. The van der Waals surface area contributed by atoms with Crippen LogP contribution in [0.25, 0.3) is 11.0 Å². The Hall–Kier alpha value is -4.15. The van der Waals surface area contributed by atoms with Gasteiger partial charge in [-0.3, -0.25) is 0 Å². The van der Waals surface area contributed by atoms with Gasteiger partial charge < -0.3 is 39.3 Å². The number of carbonyl (C=O) groups is 2. The van der Waals surface area contributed by atoms with Crippen molar-refractivity contribution in [1.82, 2.24) is 14.9 Å². The van der Waals surface area contributed by atoms with Crippen LogP contribution in [0.4, 0.5) is 16.4 Å². The summed E-state index contributed by atoms with van der Waals surface area (Å²) in [7, 11) is 4.58. The minimum absolute atomic E-state index is 0.148. The van der Waals surface area contributed by atoms with E-state index in [-0.39, 0.29) is 5.56 Å². The van der Waals surface area contributed by atoms with Crippen LogP contribution in [0.5, 0.6) is 17.2 Å². The molecule has 1 amide bonds. The van der Waals surface area contributed by atoms with Crippen LogP contribution in [0.3, 0.4) is 0 Å². The number of ether oxygens (including phenoxy) is 4. The number of nitrogens with one attached hydrogen (secondary N) is 2. The number of carboxylic acids is 1. The summed E-state index contributed by atoms with van der Waals surface area (Å²) in [6.45, 7) is 6.20. The zero-order valence-corrected chi connectivity index (χ0v) is 21.3. The molecule has 3 aromatic rings. The minimum Gasteiger partial charge on any atom is -0.493 e. The number of nitrogens with zero attached hydrogens (tertiary/aromatic N) is 2. The molecule has 2 aromatic carbocycles. The standard InChI is InChI=1S/C25H32N4O7/c1-25(2,3)36-24(32)26-10-7-11-29-18-12-15(22(30)31)8-9-17(18)28-23(29)27-16-13-19(33-4)21(35-6)20(14-16)34-5/h8-9,12-14H,7,10-11H2,1-6H3,(H,26,32)(H,27,28)(H,30,31). The lowest BCUT2D eigenvalue weighted by Gasteiger charge is -2.19. The van der Waals surface area contributed by atoms with E-state index in [1.165, 1.54) is 27.4 Å². The van der Waals surface area contributed by atoms with E-state index in [1.54, 1.807) is 45.0 Å². The Morgan fingerprint density at radius 2 is 1.69 bits per heavy atom. The van der Waals surface area contributed by atoms with Crippen molar-refractivity contribution in [3.8, 4) is 17.2 Å². The number of amides is 1. The Morgan fingerprint density at radius 3 is 2.25 bits per heavy atom. The van der Waals surface area contributed by atoms with Crippen LogP contribution >= 0.6 is 0 Å². The summed E-state index contributed by atoms with van der Waals surface area (Å²) in [4.78, 5) is 28.2. The van der Waals surface area contributed by atoms with Gasteiger partial charge in [-0.25, -0.2) is 14.6 Å². The first-order valence-corrected chi connectivity index (χ1v) is 11.3. The Labute approximate surface area is 209 Å². The topological polar surface area (TPSA) is 133 Å².